The van der Waals surface area contributed by atoms with E-state index in [0.29, 0.717) is 5.92 Å². The zero-order valence-electron chi connectivity index (χ0n) is 14.1. The SMILES string of the molecule is CC1CCCc2c1n(C)c1c(C(=O)N3CCNCC3)cccc21. The molecule has 1 N–H and O–H groups in total. The predicted molar refractivity (Wildman–Crippen MR) is 93.0 cm³/mol. The fourth-order valence-electron chi connectivity index (χ4n) is 4.43. The van der Waals surface area contributed by atoms with Crippen molar-refractivity contribution in [3.8, 4) is 0 Å². The van der Waals surface area contributed by atoms with Gasteiger partial charge in [-0.25, -0.2) is 0 Å². The smallest absolute Gasteiger partial charge is 0.256 e. The van der Waals surface area contributed by atoms with Crippen LogP contribution in [0.15, 0.2) is 18.2 Å². The average molecular weight is 311 g/mol. The van der Waals surface area contributed by atoms with Gasteiger partial charge in [-0.3, -0.25) is 4.79 Å². The highest BCUT2D eigenvalue weighted by Crippen LogP contribution is 2.38. The second kappa shape index (κ2) is 5.68. The molecule has 1 aliphatic heterocycles. The maximum atomic E-state index is 13.0. The van der Waals surface area contributed by atoms with E-state index in [1.807, 2.05) is 11.0 Å². The third kappa shape index (κ3) is 2.27. The van der Waals surface area contributed by atoms with E-state index in [-0.39, 0.29) is 5.91 Å². The quantitative estimate of drug-likeness (QED) is 0.879. The van der Waals surface area contributed by atoms with Crippen molar-refractivity contribution < 1.29 is 4.79 Å². The largest absolute Gasteiger partial charge is 0.346 e. The van der Waals surface area contributed by atoms with Crippen LogP contribution in [0.1, 0.15) is 47.3 Å². The summed E-state index contributed by atoms with van der Waals surface area (Å²) < 4.78 is 2.30. The van der Waals surface area contributed by atoms with Gasteiger partial charge >= 0.3 is 0 Å². The number of piperazine rings is 1. The highest BCUT2D eigenvalue weighted by atomic mass is 16.2. The number of nitrogens with one attached hydrogen (secondary N) is 1. The van der Waals surface area contributed by atoms with Crippen LogP contribution in [0.5, 0.6) is 0 Å². The van der Waals surface area contributed by atoms with Gasteiger partial charge in [0.05, 0.1) is 11.1 Å². The Bertz CT molecular complexity index is 756. The third-order valence-electron chi connectivity index (χ3n) is 5.53. The standard InChI is InChI=1S/C19H25N3O/c1-13-5-3-6-14-15-7-4-8-16(18(15)21(2)17(13)14)19(23)22-11-9-20-10-12-22/h4,7-8,13,20H,3,5-6,9-12H2,1-2H3. The van der Waals surface area contributed by atoms with Gasteiger partial charge < -0.3 is 14.8 Å². The molecule has 1 atom stereocenters. The number of rotatable bonds is 1. The van der Waals surface area contributed by atoms with E-state index in [1.165, 1.54) is 29.5 Å². The minimum Gasteiger partial charge on any atom is -0.346 e. The molecule has 2 aliphatic rings. The van der Waals surface area contributed by atoms with Gasteiger partial charge in [0.2, 0.25) is 0 Å². The summed E-state index contributed by atoms with van der Waals surface area (Å²) in [5, 5.41) is 4.60. The molecule has 23 heavy (non-hydrogen) atoms. The van der Waals surface area contributed by atoms with E-state index in [0.717, 1.165) is 43.7 Å². The van der Waals surface area contributed by atoms with Crippen LogP contribution < -0.4 is 5.32 Å². The summed E-state index contributed by atoms with van der Waals surface area (Å²) >= 11 is 0. The molecular weight excluding hydrogens is 286 g/mol. The molecule has 1 aliphatic carbocycles. The molecule has 1 unspecified atom stereocenters. The maximum absolute atomic E-state index is 13.0. The first-order valence-electron chi connectivity index (χ1n) is 8.78. The summed E-state index contributed by atoms with van der Waals surface area (Å²) in [6.07, 6.45) is 3.64. The summed E-state index contributed by atoms with van der Waals surface area (Å²) in [5.41, 5.74) is 4.91. The number of benzene rings is 1. The minimum atomic E-state index is 0.183. The molecule has 1 amide bonds. The Balaban J connectivity index is 1.86. The molecule has 4 heteroatoms. The Kier molecular flexibility index (Phi) is 3.64. The first-order valence-corrected chi connectivity index (χ1v) is 8.78. The first-order chi connectivity index (χ1) is 11.2. The highest BCUT2D eigenvalue weighted by molar-refractivity contribution is 6.07. The van der Waals surface area contributed by atoms with Crippen molar-refractivity contribution in [1.82, 2.24) is 14.8 Å². The average Bonchev–Trinajstić information content (AvgIpc) is 2.89. The number of fused-ring (bicyclic) bond motifs is 3. The molecular formula is C19H25N3O. The van der Waals surface area contributed by atoms with E-state index in [1.54, 1.807) is 0 Å². The number of carbonyl (C=O) groups excluding carboxylic acids is 1. The molecule has 0 radical (unpaired) electrons. The summed E-state index contributed by atoms with van der Waals surface area (Å²) in [6.45, 7) is 5.70. The molecule has 4 nitrogen and oxygen atoms in total. The van der Waals surface area contributed by atoms with Crippen LogP contribution in [-0.4, -0.2) is 41.6 Å². The zero-order valence-corrected chi connectivity index (χ0v) is 14.1. The molecule has 0 spiro atoms. The molecule has 4 rings (SSSR count). The zero-order chi connectivity index (χ0) is 16.0. The lowest BCUT2D eigenvalue weighted by Gasteiger charge is -2.27. The third-order valence-corrected chi connectivity index (χ3v) is 5.53. The van der Waals surface area contributed by atoms with Crippen molar-refractivity contribution in [2.24, 2.45) is 7.05 Å². The Morgan fingerprint density at radius 1 is 1.26 bits per heavy atom. The van der Waals surface area contributed by atoms with Crippen molar-refractivity contribution in [1.29, 1.82) is 0 Å². The van der Waals surface area contributed by atoms with Crippen LogP contribution in [0, 0.1) is 0 Å². The molecule has 1 saturated heterocycles. The van der Waals surface area contributed by atoms with Gasteiger partial charge in [0, 0.05) is 44.3 Å². The molecule has 0 saturated carbocycles. The maximum Gasteiger partial charge on any atom is 0.256 e. The van der Waals surface area contributed by atoms with E-state index in [4.69, 9.17) is 0 Å². The molecule has 1 aromatic heterocycles. The van der Waals surface area contributed by atoms with E-state index in [2.05, 4.69) is 36.0 Å². The van der Waals surface area contributed by atoms with Gasteiger partial charge in [0.25, 0.3) is 5.91 Å². The Morgan fingerprint density at radius 3 is 2.83 bits per heavy atom. The normalized spacial score (nSPS) is 21.5. The lowest BCUT2D eigenvalue weighted by Crippen LogP contribution is -2.46. The molecule has 1 aromatic carbocycles. The number of carbonyl (C=O) groups is 1. The van der Waals surface area contributed by atoms with Gasteiger partial charge in [-0.15, -0.1) is 0 Å². The monoisotopic (exact) mass is 311 g/mol. The van der Waals surface area contributed by atoms with Crippen LogP contribution >= 0.6 is 0 Å². The highest BCUT2D eigenvalue weighted by Gasteiger charge is 2.27. The number of para-hydroxylation sites is 1. The van der Waals surface area contributed by atoms with Gasteiger partial charge in [-0.05, 0) is 36.8 Å². The number of aromatic nitrogens is 1. The van der Waals surface area contributed by atoms with Gasteiger partial charge in [-0.2, -0.15) is 0 Å². The lowest BCUT2D eigenvalue weighted by molar-refractivity contribution is 0.0737. The van der Waals surface area contributed by atoms with E-state index >= 15 is 0 Å². The Hall–Kier alpha value is -1.81. The van der Waals surface area contributed by atoms with Crippen LogP contribution in [0.4, 0.5) is 0 Å². The van der Waals surface area contributed by atoms with Crippen molar-refractivity contribution >= 4 is 16.8 Å². The fraction of sp³-hybridized carbons (Fsp3) is 0.526. The van der Waals surface area contributed by atoms with Gasteiger partial charge in [0.1, 0.15) is 0 Å². The second-order valence-electron chi connectivity index (χ2n) is 6.96. The van der Waals surface area contributed by atoms with Crippen LogP contribution in [0.3, 0.4) is 0 Å². The molecule has 0 bridgehead atoms. The Morgan fingerprint density at radius 2 is 2.04 bits per heavy atom. The first kappa shape index (κ1) is 14.8. The summed E-state index contributed by atoms with van der Waals surface area (Å²) in [7, 11) is 2.14. The summed E-state index contributed by atoms with van der Waals surface area (Å²) in [6, 6.07) is 6.25. The molecule has 122 valence electrons. The van der Waals surface area contributed by atoms with Crippen molar-refractivity contribution in [3.63, 3.8) is 0 Å². The van der Waals surface area contributed by atoms with E-state index in [9.17, 15) is 4.79 Å². The Labute approximate surface area is 137 Å². The molecule has 2 aromatic rings. The fourth-order valence-corrected chi connectivity index (χ4v) is 4.43. The van der Waals surface area contributed by atoms with Crippen molar-refractivity contribution in [3.05, 3.63) is 35.0 Å². The molecule has 2 heterocycles. The van der Waals surface area contributed by atoms with E-state index < -0.39 is 0 Å². The summed E-state index contributed by atoms with van der Waals surface area (Å²) in [4.78, 5) is 15.0. The van der Waals surface area contributed by atoms with Crippen LogP contribution in [0.2, 0.25) is 0 Å². The van der Waals surface area contributed by atoms with Crippen molar-refractivity contribution in [2.75, 3.05) is 26.2 Å². The summed E-state index contributed by atoms with van der Waals surface area (Å²) in [5.74, 6) is 0.765. The number of amides is 1. The number of hydrogen-bond donors (Lipinski definition) is 1. The van der Waals surface area contributed by atoms with Gasteiger partial charge in [0.15, 0.2) is 0 Å². The van der Waals surface area contributed by atoms with Crippen LogP contribution in [0.25, 0.3) is 10.9 Å². The predicted octanol–water partition coefficient (Wildman–Crippen LogP) is 2.66. The second-order valence-corrected chi connectivity index (χ2v) is 6.96. The van der Waals surface area contributed by atoms with Crippen molar-refractivity contribution in [2.45, 2.75) is 32.1 Å². The van der Waals surface area contributed by atoms with Crippen LogP contribution in [-0.2, 0) is 13.5 Å². The number of nitrogens with zero attached hydrogens (tertiary/aromatic N) is 2. The number of aryl methyl sites for hydroxylation is 2. The topological polar surface area (TPSA) is 37.3 Å². The molecule has 1 fully saturated rings. The van der Waals surface area contributed by atoms with Gasteiger partial charge in [-0.1, -0.05) is 19.1 Å². The number of hydrogen-bond acceptors (Lipinski definition) is 2. The minimum absolute atomic E-state index is 0.183. The lowest BCUT2D eigenvalue weighted by atomic mass is 9.88.